The molecule has 1 aromatic carbocycles. The van der Waals surface area contributed by atoms with Crippen LogP contribution < -0.4 is 5.73 Å². The predicted molar refractivity (Wildman–Crippen MR) is 60.5 cm³/mol. The van der Waals surface area contributed by atoms with Crippen molar-refractivity contribution in [1.29, 1.82) is 0 Å². The van der Waals surface area contributed by atoms with Crippen LogP contribution in [-0.4, -0.2) is 11.5 Å². The van der Waals surface area contributed by atoms with E-state index in [-0.39, 0.29) is 5.82 Å². The predicted octanol–water partition coefficient (Wildman–Crippen LogP) is 2.49. The Morgan fingerprint density at radius 1 is 1.50 bits per heavy atom. The van der Waals surface area contributed by atoms with Gasteiger partial charge < -0.3 is 10.2 Å². The average Bonchev–Trinajstić information content (AvgIpc) is 2.67. The van der Waals surface area contributed by atoms with Crippen LogP contribution in [0.5, 0.6) is 0 Å². The molecule has 0 aliphatic rings. The van der Waals surface area contributed by atoms with E-state index in [1.54, 1.807) is 6.07 Å². The quantitative estimate of drug-likeness (QED) is 0.864. The minimum absolute atomic E-state index is 0.305. The summed E-state index contributed by atoms with van der Waals surface area (Å²) in [6.45, 7) is 2.70. The van der Waals surface area contributed by atoms with Crippen LogP contribution in [0.1, 0.15) is 19.2 Å². The van der Waals surface area contributed by atoms with Crippen LogP contribution >= 0.6 is 0 Å². The molecule has 1 atom stereocenters. The summed E-state index contributed by atoms with van der Waals surface area (Å²) in [6.07, 6.45) is 1.70. The van der Waals surface area contributed by atoms with Crippen molar-refractivity contribution in [2.45, 2.75) is 19.8 Å². The van der Waals surface area contributed by atoms with Gasteiger partial charge in [-0.25, -0.2) is 9.37 Å². The fraction of sp³-hybridized carbons (Fsp3) is 0.417. The normalized spacial score (nSPS) is 13.2. The van der Waals surface area contributed by atoms with Crippen LogP contribution in [0.15, 0.2) is 22.6 Å². The third-order valence-electron chi connectivity index (χ3n) is 2.77. The zero-order valence-electron chi connectivity index (χ0n) is 9.24. The first-order valence-electron chi connectivity index (χ1n) is 5.48. The zero-order valence-corrected chi connectivity index (χ0v) is 9.24. The van der Waals surface area contributed by atoms with Gasteiger partial charge in [0, 0.05) is 12.5 Å². The molecule has 1 aromatic heterocycles. The second kappa shape index (κ2) is 4.61. The van der Waals surface area contributed by atoms with Crippen molar-refractivity contribution in [2.24, 2.45) is 11.7 Å². The molecule has 1 unspecified atom stereocenters. The van der Waals surface area contributed by atoms with E-state index in [9.17, 15) is 4.39 Å². The maximum absolute atomic E-state index is 12.9. The second-order valence-corrected chi connectivity index (χ2v) is 3.93. The van der Waals surface area contributed by atoms with Crippen LogP contribution in [-0.2, 0) is 6.42 Å². The van der Waals surface area contributed by atoms with Crippen LogP contribution in [0.2, 0.25) is 0 Å². The monoisotopic (exact) mass is 222 g/mol. The Morgan fingerprint density at radius 2 is 2.31 bits per heavy atom. The van der Waals surface area contributed by atoms with Crippen LogP contribution in [0, 0.1) is 11.7 Å². The molecule has 4 heteroatoms. The van der Waals surface area contributed by atoms with Gasteiger partial charge in [-0.1, -0.05) is 13.3 Å². The van der Waals surface area contributed by atoms with Crippen molar-refractivity contribution in [3.63, 3.8) is 0 Å². The molecular weight excluding hydrogens is 207 g/mol. The van der Waals surface area contributed by atoms with Gasteiger partial charge in [0.1, 0.15) is 11.3 Å². The SMILES string of the molecule is CCC(CN)Cc1nc2ccc(F)cc2o1. The summed E-state index contributed by atoms with van der Waals surface area (Å²) < 4.78 is 18.4. The van der Waals surface area contributed by atoms with E-state index in [1.807, 2.05) is 0 Å². The van der Waals surface area contributed by atoms with Crippen LogP contribution in [0.25, 0.3) is 11.1 Å². The van der Waals surface area contributed by atoms with Crippen molar-refractivity contribution in [3.8, 4) is 0 Å². The first kappa shape index (κ1) is 11.1. The number of aromatic nitrogens is 1. The molecule has 0 saturated heterocycles. The smallest absolute Gasteiger partial charge is 0.195 e. The highest BCUT2D eigenvalue weighted by molar-refractivity contribution is 5.72. The van der Waals surface area contributed by atoms with Crippen molar-refractivity contribution < 1.29 is 8.81 Å². The van der Waals surface area contributed by atoms with Crippen molar-refractivity contribution in [1.82, 2.24) is 4.98 Å². The first-order valence-corrected chi connectivity index (χ1v) is 5.48. The average molecular weight is 222 g/mol. The van der Waals surface area contributed by atoms with E-state index < -0.39 is 0 Å². The highest BCUT2D eigenvalue weighted by Crippen LogP contribution is 2.19. The lowest BCUT2D eigenvalue weighted by Gasteiger charge is -2.07. The number of nitrogens with zero attached hydrogens (tertiary/aromatic N) is 1. The molecule has 86 valence electrons. The lowest BCUT2D eigenvalue weighted by Crippen LogP contribution is -2.15. The molecule has 2 aromatic rings. The molecule has 0 spiro atoms. The number of oxazole rings is 1. The molecule has 16 heavy (non-hydrogen) atoms. The summed E-state index contributed by atoms with van der Waals surface area (Å²) in [5, 5.41) is 0. The van der Waals surface area contributed by atoms with Crippen LogP contribution in [0.4, 0.5) is 4.39 Å². The van der Waals surface area contributed by atoms with Gasteiger partial charge in [-0.2, -0.15) is 0 Å². The Kier molecular flexibility index (Phi) is 3.19. The molecule has 0 aliphatic heterocycles. The Hall–Kier alpha value is -1.42. The lowest BCUT2D eigenvalue weighted by molar-refractivity contribution is 0.437. The van der Waals surface area contributed by atoms with E-state index in [4.69, 9.17) is 10.2 Å². The van der Waals surface area contributed by atoms with E-state index in [2.05, 4.69) is 11.9 Å². The summed E-state index contributed by atoms with van der Waals surface area (Å²) >= 11 is 0. The van der Waals surface area contributed by atoms with Gasteiger partial charge in [-0.3, -0.25) is 0 Å². The molecule has 0 radical (unpaired) electrons. The van der Waals surface area contributed by atoms with Gasteiger partial charge in [0.2, 0.25) is 0 Å². The highest BCUT2D eigenvalue weighted by atomic mass is 19.1. The van der Waals surface area contributed by atoms with Gasteiger partial charge in [-0.15, -0.1) is 0 Å². The van der Waals surface area contributed by atoms with Crippen molar-refractivity contribution >= 4 is 11.1 Å². The molecule has 2 N–H and O–H groups in total. The Labute approximate surface area is 93.5 Å². The van der Waals surface area contributed by atoms with Gasteiger partial charge >= 0.3 is 0 Å². The fourth-order valence-corrected chi connectivity index (χ4v) is 1.67. The van der Waals surface area contributed by atoms with Gasteiger partial charge in [0.25, 0.3) is 0 Å². The maximum atomic E-state index is 12.9. The van der Waals surface area contributed by atoms with Crippen LogP contribution in [0.3, 0.4) is 0 Å². The zero-order chi connectivity index (χ0) is 11.5. The summed E-state index contributed by atoms with van der Waals surface area (Å²) in [6, 6.07) is 4.37. The minimum atomic E-state index is -0.305. The van der Waals surface area contributed by atoms with Gasteiger partial charge in [0.05, 0.1) is 0 Å². The number of benzene rings is 1. The van der Waals surface area contributed by atoms with E-state index in [0.29, 0.717) is 35.9 Å². The highest BCUT2D eigenvalue weighted by Gasteiger charge is 2.11. The number of hydrogen-bond acceptors (Lipinski definition) is 3. The number of nitrogens with two attached hydrogens (primary N) is 1. The maximum Gasteiger partial charge on any atom is 0.195 e. The second-order valence-electron chi connectivity index (χ2n) is 3.93. The number of hydrogen-bond donors (Lipinski definition) is 1. The molecule has 2 rings (SSSR count). The Morgan fingerprint density at radius 3 is 3.00 bits per heavy atom. The Balaban J connectivity index is 2.25. The minimum Gasteiger partial charge on any atom is -0.441 e. The first-order chi connectivity index (χ1) is 7.72. The third-order valence-corrected chi connectivity index (χ3v) is 2.77. The largest absolute Gasteiger partial charge is 0.441 e. The van der Waals surface area contributed by atoms with E-state index in [1.165, 1.54) is 12.1 Å². The summed E-state index contributed by atoms with van der Waals surface area (Å²) in [4.78, 5) is 4.30. The molecule has 0 amide bonds. The number of fused-ring (bicyclic) bond motifs is 1. The number of rotatable bonds is 4. The molecule has 0 bridgehead atoms. The van der Waals surface area contributed by atoms with Gasteiger partial charge in [0.15, 0.2) is 11.5 Å². The molecular formula is C12H15FN2O. The van der Waals surface area contributed by atoms with Crippen molar-refractivity contribution in [2.75, 3.05) is 6.54 Å². The summed E-state index contributed by atoms with van der Waals surface area (Å²) in [7, 11) is 0. The van der Waals surface area contributed by atoms with E-state index >= 15 is 0 Å². The fourth-order valence-electron chi connectivity index (χ4n) is 1.67. The molecule has 0 fully saturated rings. The number of halogens is 1. The van der Waals surface area contributed by atoms with E-state index in [0.717, 1.165) is 6.42 Å². The van der Waals surface area contributed by atoms with Crippen molar-refractivity contribution in [3.05, 3.63) is 29.9 Å². The summed E-state index contributed by atoms with van der Waals surface area (Å²) in [5.41, 5.74) is 6.82. The molecule has 0 saturated carbocycles. The molecule has 1 heterocycles. The summed E-state index contributed by atoms with van der Waals surface area (Å²) in [5.74, 6) is 0.705. The standard InChI is InChI=1S/C12H15FN2O/c1-2-8(7-14)5-12-15-10-4-3-9(13)6-11(10)16-12/h3-4,6,8H,2,5,7,14H2,1H3. The third kappa shape index (κ3) is 2.22. The van der Waals surface area contributed by atoms with Gasteiger partial charge in [-0.05, 0) is 24.6 Å². The topological polar surface area (TPSA) is 52.0 Å². The molecule has 3 nitrogen and oxygen atoms in total. The Bertz CT molecular complexity index is 477. The molecule has 0 aliphatic carbocycles. The lowest BCUT2D eigenvalue weighted by atomic mass is 10.0.